The van der Waals surface area contributed by atoms with E-state index in [0.29, 0.717) is 5.56 Å². The number of halogens is 2. The van der Waals surface area contributed by atoms with Crippen LogP contribution in [0, 0.1) is 0 Å². The van der Waals surface area contributed by atoms with E-state index < -0.39 is 18.7 Å². The number of hydrogen-bond acceptors (Lipinski definition) is 3. The van der Waals surface area contributed by atoms with Gasteiger partial charge in [0.25, 0.3) is 0 Å². The zero-order valence-electron chi connectivity index (χ0n) is 13.9. The smallest absolute Gasteiger partial charge is 0.387 e. The largest absolute Gasteiger partial charge is 0.434 e. The Labute approximate surface area is 139 Å². The molecule has 0 aliphatic heterocycles. The number of ether oxygens (including phenoxy) is 1. The van der Waals surface area contributed by atoms with E-state index in [1.165, 1.54) is 6.07 Å². The summed E-state index contributed by atoms with van der Waals surface area (Å²) in [5, 5.41) is 7.75. The van der Waals surface area contributed by atoms with Gasteiger partial charge in [0.15, 0.2) is 0 Å². The van der Waals surface area contributed by atoms with Gasteiger partial charge in [-0.1, -0.05) is 25.1 Å². The molecule has 0 aliphatic rings. The number of benzene rings is 1. The molecule has 134 valence electrons. The minimum atomic E-state index is -2.94. The Bertz CT molecular complexity index is 555. The molecule has 1 aromatic carbocycles. The van der Waals surface area contributed by atoms with Crippen LogP contribution in [-0.4, -0.2) is 30.6 Å². The van der Waals surface area contributed by atoms with Crippen molar-refractivity contribution in [3.05, 3.63) is 29.8 Å². The summed E-state index contributed by atoms with van der Waals surface area (Å²) in [6.45, 7) is 2.42. The van der Waals surface area contributed by atoms with Crippen molar-refractivity contribution in [3.8, 4) is 5.75 Å². The van der Waals surface area contributed by atoms with Gasteiger partial charge < -0.3 is 20.7 Å². The van der Waals surface area contributed by atoms with Crippen molar-refractivity contribution in [2.45, 2.75) is 52.4 Å². The Morgan fingerprint density at radius 1 is 1.17 bits per heavy atom. The first-order valence-corrected chi connectivity index (χ1v) is 7.71. The van der Waals surface area contributed by atoms with Gasteiger partial charge in [0.1, 0.15) is 11.8 Å². The molecule has 0 bridgehead atoms. The lowest BCUT2D eigenvalue weighted by Crippen LogP contribution is -2.50. The molecule has 24 heavy (non-hydrogen) atoms. The zero-order valence-corrected chi connectivity index (χ0v) is 13.9. The highest BCUT2D eigenvalue weighted by Gasteiger charge is 2.17. The summed E-state index contributed by atoms with van der Waals surface area (Å²) in [6.07, 6.45) is 0.783. The zero-order chi connectivity index (χ0) is 18.1. The van der Waals surface area contributed by atoms with E-state index in [1.807, 2.05) is 13.8 Å². The standard InChI is InChI=1S/C16H23F2N3O3/c1-4-10(2)20-14(22)11(3)21-16(23)19-9-12-7-5-6-8-13(12)24-15(17)18/h5-8,10-11,15H,4,9H2,1-3H3,(H,20,22)(H2,19,21,23)/t10-,11+/m1/s1. The third-order valence-corrected chi connectivity index (χ3v) is 3.37. The molecule has 1 rings (SSSR count). The van der Waals surface area contributed by atoms with Crippen LogP contribution in [0.4, 0.5) is 13.6 Å². The van der Waals surface area contributed by atoms with Crippen LogP contribution >= 0.6 is 0 Å². The second-order valence-corrected chi connectivity index (χ2v) is 5.35. The lowest BCUT2D eigenvalue weighted by Gasteiger charge is -2.18. The number of urea groups is 1. The SMILES string of the molecule is CC[C@@H](C)NC(=O)[C@H](C)NC(=O)NCc1ccccc1OC(F)F. The van der Waals surface area contributed by atoms with Gasteiger partial charge in [0.05, 0.1) is 0 Å². The number of carbonyl (C=O) groups is 2. The molecular weight excluding hydrogens is 320 g/mol. The Morgan fingerprint density at radius 3 is 2.46 bits per heavy atom. The maximum Gasteiger partial charge on any atom is 0.387 e. The second kappa shape index (κ2) is 9.69. The monoisotopic (exact) mass is 343 g/mol. The van der Waals surface area contributed by atoms with Crippen molar-refractivity contribution in [1.82, 2.24) is 16.0 Å². The van der Waals surface area contributed by atoms with Gasteiger partial charge in [0, 0.05) is 18.2 Å². The first-order valence-electron chi connectivity index (χ1n) is 7.71. The van der Waals surface area contributed by atoms with Gasteiger partial charge in [-0.05, 0) is 26.3 Å². The number of para-hydroxylation sites is 1. The van der Waals surface area contributed by atoms with Crippen LogP contribution in [0.15, 0.2) is 24.3 Å². The Hall–Kier alpha value is -2.38. The van der Waals surface area contributed by atoms with E-state index in [4.69, 9.17) is 0 Å². The number of carbonyl (C=O) groups excluding carboxylic acids is 2. The molecule has 0 saturated heterocycles. The molecule has 8 heteroatoms. The molecule has 0 aliphatic carbocycles. The molecule has 0 spiro atoms. The molecule has 6 nitrogen and oxygen atoms in total. The lowest BCUT2D eigenvalue weighted by molar-refractivity contribution is -0.123. The molecular formula is C16H23F2N3O3. The number of rotatable bonds is 8. The molecule has 2 atom stereocenters. The van der Waals surface area contributed by atoms with Crippen molar-refractivity contribution in [3.63, 3.8) is 0 Å². The summed E-state index contributed by atoms with van der Waals surface area (Å²) in [5.41, 5.74) is 0.407. The summed E-state index contributed by atoms with van der Waals surface area (Å²) in [6, 6.07) is 4.89. The number of amides is 3. The molecule has 0 saturated carbocycles. The summed E-state index contributed by atoms with van der Waals surface area (Å²) >= 11 is 0. The van der Waals surface area contributed by atoms with Gasteiger partial charge in [0.2, 0.25) is 5.91 Å². The number of hydrogen-bond donors (Lipinski definition) is 3. The van der Waals surface area contributed by atoms with Crippen molar-refractivity contribution >= 4 is 11.9 Å². The van der Waals surface area contributed by atoms with Crippen LogP contribution in [0.25, 0.3) is 0 Å². The Kier molecular flexibility index (Phi) is 7.94. The van der Waals surface area contributed by atoms with E-state index >= 15 is 0 Å². The van der Waals surface area contributed by atoms with Crippen LogP contribution in [0.3, 0.4) is 0 Å². The van der Waals surface area contributed by atoms with Crippen LogP contribution in [0.5, 0.6) is 5.75 Å². The Balaban J connectivity index is 2.50. The third kappa shape index (κ3) is 6.80. The van der Waals surface area contributed by atoms with Gasteiger partial charge >= 0.3 is 12.6 Å². The van der Waals surface area contributed by atoms with Gasteiger partial charge in [-0.15, -0.1) is 0 Å². The summed E-state index contributed by atoms with van der Waals surface area (Å²) < 4.78 is 29.0. The highest BCUT2D eigenvalue weighted by Crippen LogP contribution is 2.19. The topological polar surface area (TPSA) is 79.5 Å². The number of nitrogens with one attached hydrogen (secondary N) is 3. The molecule has 0 fully saturated rings. The number of alkyl halides is 2. The van der Waals surface area contributed by atoms with Crippen LogP contribution in [-0.2, 0) is 11.3 Å². The van der Waals surface area contributed by atoms with Crippen LogP contribution in [0.2, 0.25) is 0 Å². The van der Waals surface area contributed by atoms with E-state index in [2.05, 4.69) is 20.7 Å². The van der Waals surface area contributed by atoms with Gasteiger partial charge in [-0.3, -0.25) is 4.79 Å². The highest BCUT2D eigenvalue weighted by atomic mass is 19.3. The normalized spacial score (nSPS) is 13.1. The fraction of sp³-hybridized carbons (Fsp3) is 0.500. The maximum absolute atomic E-state index is 12.3. The van der Waals surface area contributed by atoms with Gasteiger partial charge in [-0.2, -0.15) is 8.78 Å². The molecule has 0 unspecified atom stereocenters. The molecule has 3 N–H and O–H groups in total. The molecule has 3 amide bonds. The van der Waals surface area contributed by atoms with E-state index in [0.717, 1.165) is 6.42 Å². The van der Waals surface area contributed by atoms with Crippen molar-refractivity contribution in [2.24, 2.45) is 0 Å². The molecule has 1 aromatic rings. The first kappa shape index (κ1) is 19.7. The van der Waals surface area contributed by atoms with E-state index in [9.17, 15) is 18.4 Å². The first-order chi connectivity index (χ1) is 11.3. The second-order valence-electron chi connectivity index (χ2n) is 5.35. The van der Waals surface area contributed by atoms with Crippen molar-refractivity contribution in [1.29, 1.82) is 0 Å². The Morgan fingerprint density at radius 2 is 1.83 bits per heavy atom. The highest BCUT2D eigenvalue weighted by molar-refractivity contribution is 5.86. The van der Waals surface area contributed by atoms with Crippen LogP contribution < -0.4 is 20.7 Å². The molecule has 0 aromatic heterocycles. The average Bonchev–Trinajstić information content (AvgIpc) is 2.53. The third-order valence-electron chi connectivity index (χ3n) is 3.37. The predicted molar refractivity (Wildman–Crippen MR) is 85.8 cm³/mol. The summed E-state index contributed by atoms with van der Waals surface area (Å²) in [7, 11) is 0. The minimum Gasteiger partial charge on any atom is -0.434 e. The van der Waals surface area contributed by atoms with E-state index in [-0.39, 0.29) is 24.2 Å². The quantitative estimate of drug-likeness (QED) is 0.678. The average molecular weight is 343 g/mol. The van der Waals surface area contributed by atoms with Gasteiger partial charge in [-0.25, -0.2) is 4.79 Å². The van der Waals surface area contributed by atoms with E-state index in [1.54, 1.807) is 25.1 Å². The van der Waals surface area contributed by atoms with Crippen molar-refractivity contribution in [2.75, 3.05) is 0 Å². The maximum atomic E-state index is 12.3. The summed E-state index contributed by atoms with van der Waals surface area (Å²) in [4.78, 5) is 23.7. The van der Waals surface area contributed by atoms with Crippen molar-refractivity contribution < 1.29 is 23.1 Å². The predicted octanol–water partition coefficient (Wildman–Crippen LogP) is 2.39. The minimum absolute atomic E-state index is 0.00429. The lowest BCUT2D eigenvalue weighted by atomic mass is 10.2. The fourth-order valence-electron chi connectivity index (χ4n) is 1.82. The van der Waals surface area contributed by atoms with Crippen LogP contribution in [0.1, 0.15) is 32.8 Å². The fourth-order valence-corrected chi connectivity index (χ4v) is 1.82. The molecule has 0 heterocycles. The summed E-state index contributed by atoms with van der Waals surface area (Å²) in [5.74, 6) is -0.295. The molecule has 0 radical (unpaired) electrons.